The summed E-state index contributed by atoms with van der Waals surface area (Å²) in [6, 6.07) is 3.61. The van der Waals surface area contributed by atoms with E-state index in [1.54, 1.807) is 18.5 Å². The predicted octanol–water partition coefficient (Wildman–Crippen LogP) is 1.33. The molecule has 0 radical (unpaired) electrons. The largest absolute Gasteiger partial charge is 0.264 e. The van der Waals surface area contributed by atoms with Crippen LogP contribution in [0.4, 0.5) is 0 Å². The average Bonchev–Trinajstić information content (AvgIpc) is 2.47. The second-order valence-corrected chi connectivity index (χ2v) is 5.59. The van der Waals surface area contributed by atoms with Gasteiger partial charge in [0.05, 0.1) is 11.0 Å². The summed E-state index contributed by atoms with van der Waals surface area (Å²) in [5.74, 6) is 0.326. The smallest absolute Gasteiger partial charge is 0.157 e. The van der Waals surface area contributed by atoms with E-state index in [-0.39, 0.29) is 5.25 Å². The van der Waals surface area contributed by atoms with Gasteiger partial charge in [0.15, 0.2) is 9.84 Å². The molecule has 2 rings (SSSR count). The molecule has 1 aromatic rings. The van der Waals surface area contributed by atoms with Gasteiger partial charge < -0.3 is 0 Å². The third-order valence-corrected chi connectivity index (χ3v) is 4.62. The molecule has 1 aromatic heterocycles. The highest BCUT2D eigenvalue weighted by atomic mass is 32.2. The Hall–Kier alpha value is -0.900. The number of pyridine rings is 1. The van der Waals surface area contributed by atoms with Gasteiger partial charge in [-0.15, -0.1) is 0 Å². The van der Waals surface area contributed by atoms with E-state index < -0.39 is 9.84 Å². The van der Waals surface area contributed by atoms with Crippen LogP contribution in [0.3, 0.4) is 0 Å². The van der Waals surface area contributed by atoms with Crippen LogP contribution in [-0.4, -0.2) is 19.2 Å². The number of hydrogen-bond donors (Lipinski definition) is 0. The Morgan fingerprint density at radius 3 is 2.85 bits per heavy atom. The lowest BCUT2D eigenvalue weighted by Crippen LogP contribution is -2.07. The number of hydrogen-bond acceptors (Lipinski definition) is 3. The molecule has 0 unspecified atom stereocenters. The van der Waals surface area contributed by atoms with Crippen LogP contribution in [0, 0.1) is 0 Å². The van der Waals surface area contributed by atoms with E-state index in [1.807, 2.05) is 6.07 Å². The minimum atomic E-state index is -2.88. The summed E-state index contributed by atoms with van der Waals surface area (Å²) in [6.45, 7) is 0. The molecule has 70 valence electrons. The van der Waals surface area contributed by atoms with Crippen LogP contribution in [0.25, 0.3) is 0 Å². The first-order chi connectivity index (χ1) is 6.20. The summed E-state index contributed by atoms with van der Waals surface area (Å²) in [7, 11) is -2.88. The van der Waals surface area contributed by atoms with Crippen molar-refractivity contribution in [2.45, 2.75) is 18.1 Å². The van der Waals surface area contributed by atoms with Crippen molar-refractivity contribution in [1.82, 2.24) is 4.98 Å². The molecule has 4 heteroatoms. The molecule has 0 amide bonds. The highest BCUT2D eigenvalue weighted by molar-refractivity contribution is 7.91. The molecule has 0 spiro atoms. The Balaban J connectivity index is 2.38. The van der Waals surface area contributed by atoms with Gasteiger partial charge in [-0.1, -0.05) is 6.07 Å². The first-order valence-corrected chi connectivity index (χ1v) is 6.03. The van der Waals surface area contributed by atoms with Gasteiger partial charge in [0.1, 0.15) is 0 Å². The molecule has 3 nitrogen and oxygen atoms in total. The first kappa shape index (κ1) is 8.69. The number of rotatable bonds is 1. The molecule has 1 fully saturated rings. The quantitative estimate of drug-likeness (QED) is 0.682. The predicted molar refractivity (Wildman–Crippen MR) is 50.0 cm³/mol. The summed E-state index contributed by atoms with van der Waals surface area (Å²) in [6.07, 6.45) is 4.83. The highest BCUT2D eigenvalue weighted by Crippen LogP contribution is 2.33. The monoisotopic (exact) mass is 197 g/mol. The van der Waals surface area contributed by atoms with E-state index >= 15 is 0 Å². The van der Waals surface area contributed by atoms with E-state index in [4.69, 9.17) is 0 Å². The molecule has 1 atom stereocenters. The molecular formula is C9H11NO2S. The number of nitrogens with zero attached hydrogens (tertiary/aromatic N) is 1. The van der Waals surface area contributed by atoms with Crippen molar-refractivity contribution in [1.29, 1.82) is 0 Å². The lowest BCUT2D eigenvalue weighted by atomic mass is 10.1. The highest BCUT2D eigenvalue weighted by Gasteiger charge is 2.32. The van der Waals surface area contributed by atoms with Gasteiger partial charge in [0.2, 0.25) is 0 Å². The third-order valence-electron chi connectivity index (χ3n) is 2.38. The Labute approximate surface area is 77.7 Å². The minimum Gasteiger partial charge on any atom is -0.264 e. The fourth-order valence-electron chi connectivity index (χ4n) is 1.73. The second kappa shape index (κ2) is 3.10. The van der Waals surface area contributed by atoms with Crippen LogP contribution in [-0.2, 0) is 9.84 Å². The summed E-state index contributed by atoms with van der Waals surface area (Å²) < 4.78 is 23.1. The standard InChI is InChI=1S/C9H11NO2S/c11-13(12)6-2-4-9(13)8-3-1-5-10-7-8/h1,3,5,7,9H,2,4,6H2/t9-/m0/s1. The van der Waals surface area contributed by atoms with Crippen LogP contribution in [0.5, 0.6) is 0 Å². The third kappa shape index (κ3) is 1.58. The molecule has 13 heavy (non-hydrogen) atoms. The Morgan fingerprint density at radius 2 is 2.31 bits per heavy atom. The average molecular weight is 197 g/mol. The van der Waals surface area contributed by atoms with Crippen LogP contribution in [0.15, 0.2) is 24.5 Å². The van der Waals surface area contributed by atoms with Crippen molar-refractivity contribution in [3.05, 3.63) is 30.1 Å². The fourth-order valence-corrected chi connectivity index (χ4v) is 3.67. The SMILES string of the molecule is O=S1(=O)CCC[C@H]1c1cccnc1. The maximum absolute atomic E-state index is 11.5. The number of sulfone groups is 1. The molecule has 0 N–H and O–H groups in total. The van der Waals surface area contributed by atoms with Crippen molar-refractivity contribution in [3.8, 4) is 0 Å². The molecule has 0 aromatic carbocycles. The Kier molecular flexibility index (Phi) is 2.07. The van der Waals surface area contributed by atoms with Crippen LogP contribution in [0.2, 0.25) is 0 Å². The van der Waals surface area contributed by atoms with Crippen molar-refractivity contribution in [2.75, 3.05) is 5.75 Å². The van der Waals surface area contributed by atoms with Crippen molar-refractivity contribution < 1.29 is 8.42 Å². The fraction of sp³-hybridized carbons (Fsp3) is 0.444. The summed E-state index contributed by atoms with van der Waals surface area (Å²) in [5, 5.41) is -0.304. The lowest BCUT2D eigenvalue weighted by molar-refractivity contribution is 0.592. The van der Waals surface area contributed by atoms with Crippen LogP contribution in [0.1, 0.15) is 23.7 Å². The Bertz CT molecular complexity index is 385. The van der Waals surface area contributed by atoms with Crippen molar-refractivity contribution in [2.24, 2.45) is 0 Å². The van der Waals surface area contributed by atoms with E-state index in [2.05, 4.69) is 4.98 Å². The maximum Gasteiger partial charge on any atom is 0.157 e. The number of aromatic nitrogens is 1. The summed E-state index contributed by atoms with van der Waals surface area (Å²) in [5.41, 5.74) is 0.833. The van der Waals surface area contributed by atoms with Gasteiger partial charge in [0.25, 0.3) is 0 Å². The van der Waals surface area contributed by atoms with Crippen molar-refractivity contribution >= 4 is 9.84 Å². The van der Waals surface area contributed by atoms with E-state index in [9.17, 15) is 8.42 Å². The van der Waals surface area contributed by atoms with E-state index in [1.165, 1.54) is 0 Å². The van der Waals surface area contributed by atoms with Gasteiger partial charge in [0, 0.05) is 12.4 Å². The molecule has 1 aliphatic heterocycles. The molecule has 1 saturated heterocycles. The minimum absolute atomic E-state index is 0.304. The van der Waals surface area contributed by atoms with Gasteiger partial charge in [-0.3, -0.25) is 4.98 Å². The van der Waals surface area contributed by atoms with E-state index in [0.717, 1.165) is 18.4 Å². The molecule has 0 aliphatic carbocycles. The van der Waals surface area contributed by atoms with Gasteiger partial charge in [-0.2, -0.15) is 0 Å². The normalized spacial score (nSPS) is 26.0. The topological polar surface area (TPSA) is 47.0 Å². The Morgan fingerprint density at radius 1 is 1.46 bits per heavy atom. The molecule has 0 bridgehead atoms. The van der Waals surface area contributed by atoms with Crippen LogP contribution >= 0.6 is 0 Å². The zero-order valence-electron chi connectivity index (χ0n) is 7.18. The van der Waals surface area contributed by atoms with Crippen LogP contribution < -0.4 is 0 Å². The summed E-state index contributed by atoms with van der Waals surface area (Å²) in [4.78, 5) is 3.93. The van der Waals surface area contributed by atoms with Gasteiger partial charge >= 0.3 is 0 Å². The zero-order chi connectivity index (χ0) is 9.31. The zero-order valence-corrected chi connectivity index (χ0v) is 8.00. The second-order valence-electron chi connectivity index (χ2n) is 3.28. The van der Waals surface area contributed by atoms with Crippen molar-refractivity contribution in [3.63, 3.8) is 0 Å². The van der Waals surface area contributed by atoms with Gasteiger partial charge in [-0.05, 0) is 24.5 Å². The summed E-state index contributed by atoms with van der Waals surface area (Å²) >= 11 is 0. The first-order valence-electron chi connectivity index (χ1n) is 4.32. The molecule has 2 heterocycles. The maximum atomic E-state index is 11.5. The lowest BCUT2D eigenvalue weighted by Gasteiger charge is -2.07. The molecular weight excluding hydrogens is 186 g/mol. The molecule has 0 saturated carbocycles. The van der Waals surface area contributed by atoms with E-state index in [0.29, 0.717) is 5.75 Å². The van der Waals surface area contributed by atoms with Gasteiger partial charge in [-0.25, -0.2) is 8.42 Å². The molecule has 1 aliphatic rings.